The van der Waals surface area contributed by atoms with E-state index < -0.39 is 0 Å². The van der Waals surface area contributed by atoms with Crippen LogP contribution in [0.25, 0.3) is 11.1 Å². The van der Waals surface area contributed by atoms with Gasteiger partial charge in [0.05, 0.1) is 7.11 Å². The number of ether oxygens (including phenoxy) is 1. The maximum Gasteiger partial charge on any atom is 0.120 e. The van der Waals surface area contributed by atoms with Crippen LogP contribution in [0.2, 0.25) is 0 Å². The number of anilines is 1. The molecule has 0 unspecified atom stereocenters. The van der Waals surface area contributed by atoms with Crippen LogP contribution in [0.1, 0.15) is 30.5 Å². The quantitative estimate of drug-likeness (QED) is 0.448. The molecular formula is C29H32N2OS. The Bertz CT molecular complexity index is 1130. The van der Waals surface area contributed by atoms with Gasteiger partial charge in [0.1, 0.15) is 5.75 Å². The predicted molar refractivity (Wildman–Crippen MR) is 141 cm³/mol. The molecule has 2 aliphatic rings. The van der Waals surface area contributed by atoms with Gasteiger partial charge in [-0.3, -0.25) is 4.90 Å². The van der Waals surface area contributed by atoms with Crippen molar-refractivity contribution in [1.82, 2.24) is 4.90 Å². The Morgan fingerprint density at radius 2 is 1.55 bits per heavy atom. The summed E-state index contributed by atoms with van der Waals surface area (Å²) in [6, 6.07) is 27.1. The monoisotopic (exact) mass is 456 g/mol. The van der Waals surface area contributed by atoms with E-state index in [4.69, 9.17) is 4.74 Å². The minimum atomic E-state index is 0.626. The lowest BCUT2D eigenvalue weighted by molar-refractivity contribution is 0.209. The molecule has 1 fully saturated rings. The molecule has 0 atom stereocenters. The van der Waals surface area contributed by atoms with Gasteiger partial charge in [0.2, 0.25) is 0 Å². The summed E-state index contributed by atoms with van der Waals surface area (Å²) < 4.78 is 5.50. The molecule has 4 heteroatoms. The first-order valence-electron chi connectivity index (χ1n) is 11.8. The van der Waals surface area contributed by atoms with Gasteiger partial charge in [0.25, 0.3) is 0 Å². The smallest absolute Gasteiger partial charge is 0.120 e. The molecule has 0 radical (unpaired) electrons. The highest BCUT2D eigenvalue weighted by atomic mass is 32.2. The van der Waals surface area contributed by atoms with Crippen LogP contribution in [0.15, 0.2) is 77.7 Å². The van der Waals surface area contributed by atoms with Crippen LogP contribution in [-0.2, 0) is 0 Å². The molecular weight excluding hydrogens is 424 g/mol. The molecule has 3 aromatic carbocycles. The van der Waals surface area contributed by atoms with Crippen molar-refractivity contribution >= 4 is 28.6 Å². The van der Waals surface area contributed by atoms with Crippen molar-refractivity contribution in [1.29, 1.82) is 0 Å². The molecule has 170 valence electrons. The lowest BCUT2D eigenvalue weighted by atomic mass is 9.89. The van der Waals surface area contributed by atoms with Gasteiger partial charge in [0.15, 0.2) is 0 Å². The van der Waals surface area contributed by atoms with Crippen molar-refractivity contribution in [2.75, 3.05) is 43.9 Å². The first kappa shape index (κ1) is 22.1. The van der Waals surface area contributed by atoms with E-state index in [9.17, 15) is 0 Å². The van der Waals surface area contributed by atoms with Crippen LogP contribution in [0, 0.1) is 0 Å². The number of nitrogens with zero attached hydrogens (tertiary/aromatic N) is 2. The summed E-state index contributed by atoms with van der Waals surface area (Å²) in [5, 5.41) is 0. The number of hydrogen-bond acceptors (Lipinski definition) is 4. The minimum absolute atomic E-state index is 0.626. The third-order valence-corrected chi connectivity index (χ3v) is 7.90. The Morgan fingerprint density at radius 1 is 0.818 bits per heavy atom. The van der Waals surface area contributed by atoms with E-state index in [1.165, 1.54) is 38.4 Å². The van der Waals surface area contributed by atoms with Crippen molar-refractivity contribution < 1.29 is 4.74 Å². The van der Waals surface area contributed by atoms with E-state index in [0.29, 0.717) is 6.04 Å². The van der Waals surface area contributed by atoms with Gasteiger partial charge in [-0.1, -0.05) is 42.5 Å². The second-order valence-corrected chi connectivity index (χ2v) is 10.1. The number of benzene rings is 3. The lowest BCUT2D eigenvalue weighted by Gasteiger charge is -2.38. The molecule has 0 bridgehead atoms. The fourth-order valence-electron chi connectivity index (χ4n) is 4.87. The summed E-state index contributed by atoms with van der Waals surface area (Å²) in [6.07, 6.45) is 0. The third-order valence-electron chi connectivity index (χ3n) is 6.82. The minimum Gasteiger partial charge on any atom is -0.497 e. The SMILES string of the molecule is COc1ccc2c(c1)SCC(c1ccccc1)=C2c1ccc(N2CCN(C(C)C)CC2)cc1. The molecule has 0 saturated carbocycles. The number of methoxy groups -OCH3 is 1. The topological polar surface area (TPSA) is 15.7 Å². The lowest BCUT2D eigenvalue weighted by Crippen LogP contribution is -2.48. The normalized spacial score (nSPS) is 16.8. The Morgan fingerprint density at radius 3 is 2.21 bits per heavy atom. The van der Waals surface area contributed by atoms with E-state index in [-0.39, 0.29) is 0 Å². The molecule has 33 heavy (non-hydrogen) atoms. The molecule has 0 aromatic heterocycles. The number of fused-ring (bicyclic) bond motifs is 1. The highest BCUT2D eigenvalue weighted by Gasteiger charge is 2.23. The van der Waals surface area contributed by atoms with Crippen molar-refractivity contribution in [2.24, 2.45) is 0 Å². The van der Waals surface area contributed by atoms with Crippen molar-refractivity contribution in [3.63, 3.8) is 0 Å². The molecule has 3 aromatic rings. The largest absolute Gasteiger partial charge is 0.497 e. The summed E-state index contributed by atoms with van der Waals surface area (Å²) in [5.41, 5.74) is 7.94. The van der Waals surface area contributed by atoms with Crippen LogP contribution in [0.4, 0.5) is 5.69 Å². The van der Waals surface area contributed by atoms with E-state index >= 15 is 0 Å². The van der Waals surface area contributed by atoms with Crippen LogP contribution >= 0.6 is 11.8 Å². The zero-order valence-corrected chi connectivity index (χ0v) is 20.6. The Kier molecular flexibility index (Phi) is 6.48. The van der Waals surface area contributed by atoms with E-state index in [1.807, 2.05) is 11.8 Å². The third kappa shape index (κ3) is 4.55. The van der Waals surface area contributed by atoms with Crippen LogP contribution in [0.5, 0.6) is 5.75 Å². The summed E-state index contributed by atoms with van der Waals surface area (Å²) in [4.78, 5) is 6.37. The van der Waals surface area contributed by atoms with E-state index in [1.54, 1.807) is 7.11 Å². The van der Waals surface area contributed by atoms with Gasteiger partial charge in [-0.2, -0.15) is 0 Å². The molecule has 0 N–H and O–H groups in total. The highest BCUT2D eigenvalue weighted by Crippen LogP contribution is 2.45. The summed E-state index contributed by atoms with van der Waals surface area (Å²) >= 11 is 1.90. The highest BCUT2D eigenvalue weighted by molar-refractivity contribution is 7.99. The Balaban J connectivity index is 1.50. The maximum atomic E-state index is 5.50. The average Bonchev–Trinajstić information content (AvgIpc) is 2.88. The van der Waals surface area contributed by atoms with E-state index in [2.05, 4.69) is 96.4 Å². The maximum absolute atomic E-state index is 5.50. The van der Waals surface area contributed by atoms with Gasteiger partial charge >= 0.3 is 0 Å². The molecule has 0 aliphatic carbocycles. The number of hydrogen-bond donors (Lipinski definition) is 0. The molecule has 0 amide bonds. The second kappa shape index (κ2) is 9.66. The fraction of sp³-hybridized carbons (Fsp3) is 0.310. The summed E-state index contributed by atoms with van der Waals surface area (Å²) in [6.45, 7) is 9.03. The van der Waals surface area contributed by atoms with Gasteiger partial charge in [0, 0.05) is 48.6 Å². The summed E-state index contributed by atoms with van der Waals surface area (Å²) in [7, 11) is 1.74. The molecule has 3 nitrogen and oxygen atoms in total. The summed E-state index contributed by atoms with van der Waals surface area (Å²) in [5.74, 6) is 1.87. The molecule has 5 rings (SSSR count). The number of piperazine rings is 1. The van der Waals surface area contributed by atoms with Crippen LogP contribution in [0.3, 0.4) is 0 Å². The zero-order chi connectivity index (χ0) is 22.8. The zero-order valence-electron chi connectivity index (χ0n) is 19.8. The van der Waals surface area contributed by atoms with Gasteiger partial charge in [-0.25, -0.2) is 0 Å². The van der Waals surface area contributed by atoms with Crippen molar-refractivity contribution in [3.8, 4) is 5.75 Å². The molecule has 1 saturated heterocycles. The molecule has 2 aliphatic heterocycles. The predicted octanol–water partition coefficient (Wildman–Crippen LogP) is 6.29. The van der Waals surface area contributed by atoms with Crippen molar-refractivity contribution in [3.05, 3.63) is 89.5 Å². The second-order valence-electron chi connectivity index (χ2n) is 9.03. The molecule has 0 spiro atoms. The molecule has 2 heterocycles. The first-order chi connectivity index (χ1) is 16.1. The van der Waals surface area contributed by atoms with Crippen molar-refractivity contribution in [2.45, 2.75) is 24.8 Å². The average molecular weight is 457 g/mol. The van der Waals surface area contributed by atoms with Crippen LogP contribution < -0.4 is 9.64 Å². The number of thioether (sulfide) groups is 1. The van der Waals surface area contributed by atoms with Crippen LogP contribution in [-0.4, -0.2) is 50.0 Å². The standard InChI is InChI=1S/C29H32N2OS/c1-21(2)30-15-17-31(18-16-30)24-11-9-23(10-12-24)29-26-14-13-25(32-3)19-28(26)33-20-27(29)22-7-5-4-6-8-22/h4-14,19,21H,15-18,20H2,1-3H3. The van der Waals surface area contributed by atoms with Gasteiger partial charge < -0.3 is 9.64 Å². The first-order valence-corrected chi connectivity index (χ1v) is 12.8. The fourth-order valence-corrected chi connectivity index (χ4v) is 6.01. The Labute approximate surface area is 202 Å². The van der Waals surface area contributed by atoms with E-state index in [0.717, 1.165) is 37.7 Å². The van der Waals surface area contributed by atoms with Gasteiger partial charge in [-0.05, 0) is 72.0 Å². The van der Waals surface area contributed by atoms with Gasteiger partial charge in [-0.15, -0.1) is 11.8 Å². The Hall–Kier alpha value is -2.69. The number of rotatable bonds is 5.